The van der Waals surface area contributed by atoms with Gasteiger partial charge in [0.25, 0.3) is 0 Å². The summed E-state index contributed by atoms with van der Waals surface area (Å²) >= 11 is 5.88. The predicted octanol–water partition coefficient (Wildman–Crippen LogP) is 3.55. The Balaban J connectivity index is 2.05. The van der Waals surface area contributed by atoms with Crippen LogP contribution in [0.15, 0.2) is 12.3 Å². The number of aromatic nitrogens is 1. The van der Waals surface area contributed by atoms with Gasteiger partial charge in [-0.3, -0.25) is 0 Å². The van der Waals surface area contributed by atoms with Gasteiger partial charge in [0, 0.05) is 12.2 Å². The Morgan fingerprint density at radius 3 is 2.80 bits per heavy atom. The van der Waals surface area contributed by atoms with Crippen LogP contribution in [0.5, 0.6) is 0 Å². The number of halogens is 4. The van der Waals surface area contributed by atoms with Gasteiger partial charge in [-0.2, -0.15) is 13.2 Å². The van der Waals surface area contributed by atoms with Crippen molar-refractivity contribution in [2.75, 3.05) is 18.4 Å². The second-order valence-electron chi connectivity index (χ2n) is 5.09. The molecule has 0 bridgehead atoms. The quantitative estimate of drug-likeness (QED) is 0.896. The second kappa shape index (κ2) is 6.18. The molecule has 0 aromatic carbocycles. The molecular formula is C13H17ClF3N3. The molecule has 1 aromatic rings. The van der Waals surface area contributed by atoms with E-state index < -0.39 is 11.7 Å². The van der Waals surface area contributed by atoms with E-state index in [2.05, 4.69) is 15.6 Å². The normalized spacial score (nSPS) is 21.6. The lowest BCUT2D eigenvalue weighted by molar-refractivity contribution is -0.137. The van der Waals surface area contributed by atoms with Gasteiger partial charge < -0.3 is 10.6 Å². The summed E-state index contributed by atoms with van der Waals surface area (Å²) in [4.78, 5) is 3.80. The minimum atomic E-state index is -4.42. The third-order valence-electron chi connectivity index (χ3n) is 3.57. The van der Waals surface area contributed by atoms with E-state index in [0.717, 1.165) is 38.2 Å². The van der Waals surface area contributed by atoms with E-state index in [1.54, 1.807) is 0 Å². The number of rotatable bonds is 3. The summed E-state index contributed by atoms with van der Waals surface area (Å²) in [6.45, 7) is 3.91. The SMILES string of the molecule is CC(Nc1ncc(C(F)(F)F)cc1Cl)C1CCCNC1. The molecule has 3 nitrogen and oxygen atoms in total. The van der Waals surface area contributed by atoms with Crippen molar-refractivity contribution < 1.29 is 13.2 Å². The fraction of sp³-hybridized carbons (Fsp3) is 0.615. The van der Waals surface area contributed by atoms with E-state index in [4.69, 9.17) is 11.6 Å². The molecule has 1 aromatic heterocycles. The number of pyridine rings is 1. The molecule has 0 amide bonds. The lowest BCUT2D eigenvalue weighted by Crippen LogP contribution is -2.39. The third-order valence-corrected chi connectivity index (χ3v) is 3.86. The average molecular weight is 308 g/mol. The van der Waals surface area contributed by atoms with Crippen LogP contribution in [-0.4, -0.2) is 24.1 Å². The zero-order chi connectivity index (χ0) is 14.8. The van der Waals surface area contributed by atoms with Crippen LogP contribution in [0, 0.1) is 5.92 Å². The molecule has 0 saturated carbocycles. The van der Waals surface area contributed by atoms with E-state index in [-0.39, 0.29) is 11.1 Å². The minimum absolute atomic E-state index is 0.00422. The van der Waals surface area contributed by atoms with E-state index >= 15 is 0 Å². The summed E-state index contributed by atoms with van der Waals surface area (Å²) in [5.74, 6) is 0.724. The summed E-state index contributed by atoms with van der Waals surface area (Å²) in [5, 5.41) is 6.41. The second-order valence-corrected chi connectivity index (χ2v) is 5.50. The maximum absolute atomic E-state index is 12.5. The van der Waals surface area contributed by atoms with Crippen molar-refractivity contribution in [2.24, 2.45) is 5.92 Å². The highest BCUT2D eigenvalue weighted by atomic mass is 35.5. The van der Waals surface area contributed by atoms with Gasteiger partial charge >= 0.3 is 6.18 Å². The average Bonchev–Trinajstić information content (AvgIpc) is 2.41. The number of alkyl halides is 3. The van der Waals surface area contributed by atoms with Crippen molar-refractivity contribution in [1.29, 1.82) is 0 Å². The molecule has 2 rings (SSSR count). The molecule has 0 radical (unpaired) electrons. The standard InChI is InChI=1S/C13H17ClF3N3/c1-8(9-3-2-4-18-6-9)20-12-11(14)5-10(7-19-12)13(15,16)17/h5,7-9,18H,2-4,6H2,1H3,(H,19,20). The summed E-state index contributed by atoms with van der Waals surface area (Å²) in [6.07, 6.45) is -1.43. The molecule has 20 heavy (non-hydrogen) atoms. The zero-order valence-electron chi connectivity index (χ0n) is 11.1. The van der Waals surface area contributed by atoms with Crippen LogP contribution in [0.4, 0.5) is 19.0 Å². The molecule has 0 spiro atoms. The zero-order valence-corrected chi connectivity index (χ0v) is 11.9. The fourth-order valence-electron chi connectivity index (χ4n) is 2.34. The molecule has 0 aliphatic carbocycles. The Morgan fingerprint density at radius 1 is 1.50 bits per heavy atom. The Morgan fingerprint density at radius 2 is 2.25 bits per heavy atom. The largest absolute Gasteiger partial charge is 0.417 e. The Bertz CT molecular complexity index is 459. The third kappa shape index (κ3) is 3.76. The van der Waals surface area contributed by atoms with Gasteiger partial charge in [-0.05, 0) is 44.8 Å². The Labute approximate surface area is 120 Å². The molecule has 1 aliphatic rings. The number of nitrogens with one attached hydrogen (secondary N) is 2. The number of anilines is 1. The Kier molecular flexibility index (Phi) is 4.75. The highest BCUT2D eigenvalue weighted by molar-refractivity contribution is 6.33. The monoisotopic (exact) mass is 307 g/mol. The lowest BCUT2D eigenvalue weighted by atomic mass is 9.93. The van der Waals surface area contributed by atoms with Crippen LogP contribution in [-0.2, 0) is 6.18 Å². The van der Waals surface area contributed by atoms with Gasteiger partial charge in [0.05, 0.1) is 10.6 Å². The van der Waals surface area contributed by atoms with Crippen LogP contribution in [0.1, 0.15) is 25.3 Å². The van der Waals surface area contributed by atoms with Crippen LogP contribution in [0.25, 0.3) is 0 Å². The van der Waals surface area contributed by atoms with Gasteiger partial charge in [-0.1, -0.05) is 11.6 Å². The van der Waals surface area contributed by atoms with Crippen molar-refractivity contribution in [3.05, 3.63) is 22.8 Å². The van der Waals surface area contributed by atoms with Crippen LogP contribution in [0.3, 0.4) is 0 Å². The van der Waals surface area contributed by atoms with E-state index in [1.165, 1.54) is 0 Å². The lowest BCUT2D eigenvalue weighted by Gasteiger charge is -2.29. The van der Waals surface area contributed by atoms with Crippen LogP contribution in [0.2, 0.25) is 5.02 Å². The summed E-state index contributed by atoms with van der Waals surface area (Å²) in [5.41, 5.74) is -0.833. The molecule has 1 fully saturated rings. The van der Waals surface area contributed by atoms with Gasteiger partial charge in [-0.15, -0.1) is 0 Å². The summed E-state index contributed by atoms with van der Waals surface area (Å²) in [7, 11) is 0. The number of hydrogen-bond acceptors (Lipinski definition) is 3. The molecule has 2 heterocycles. The smallest absolute Gasteiger partial charge is 0.366 e. The maximum Gasteiger partial charge on any atom is 0.417 e. The highest BCUT2D eigenvalue weighted by Gasteiger charge is 2.31. The Hall–Kier alpha value is -1.01. The van der Waals surface area contributed by atoms with E-state index in [1.807, 2.05) is 6.92 Å². The molecular weight excluding hydrogens is 291 g/mol. The molecule has 2 unspecified atom stereocenters. The van der Waals surface area contributed by atoms with Crippen molar-refractivity contribution >= 4 is 17.4 Å². The van der Waals surface area contributed by atoms with Gasteiger partial charge in [0.1, 0.15) is 5.82 Å². The molecule has 7 heteroatoms. The van der Waals surface area contributed by atoms with Crippen molar-refractivity contribution in [2.45, 2.75) is 32.0 Å². The first-order chi connectivity index (χ1) is 9.38. The predicted molar refractivity (Wildman–Crippen MR) is 72.9 cm³/mol. The van der Waals surface area contributed by atoms with E-state index in [9.17, 15) is 13.2 Å². The van der Waals surface area contributed by atoms with Gasteiger partial charge in [0.15, 0.2) is 0 Å². The number of hydrogen-bond donors (Lipinski definition) is 2. The molecule has 1 aliphatic heterocycles. The van der Waals surface area contributed by atoms with E-state index in [0.29, 0.717) is 11.7 Å². The maximum atomic E-state index is 12.5. The summed E-state index contributed by atoms with van der Waals surface area (Å²) < 4.78 is 37.6. The minimum Gasteiger partial charge on any atom is -0.366 e. The highest BCUT2D eigenvalue weighted by Crippen LogP contribution is 2.32. The van der Waals surface area contributed by atoms with Crippen molar-refractivity contribution in [3.8, 4) is 0 Å². The number of nitrogens with zero attached hydrogens (tertiary/aromatic N) is 1. The molecule has 112 valence electrons. The molecule has 1 saturated heterocycles. The first-order valence-corrected chi connectivity index (χ1v) is 6.95. The fourth-order valence-corrected chi connectivity index (χ4v) is 2.56. The van der Waals surface area contributed by atoms with Crippen molar-refractivity contribution in [3.63, 3.8) is 0 Å². The topological polar surface area (TPSA) is 37.0 Å². The van der Waals surface area contributed by atoms with Crippen molar-refractivity contribution in [1.82, 2.24) is 10.3 Å². The van der Waals surface area contributed by atoms with Gasteiger partial charge in [-0.25, -0.2) is 4.98 Å². The molecule has 2 atom stereocenters. The number of piperidine rings is 1. The van der Waals surface area contributed by atoms with Gasteiger partial charge in [0.2, 0.25) is 0 Å². The summed E-state index contributed by atoms with van der Waals surface area (Å²) in [6, 6.07) is 1.01. The van der Waals surface area contributed by atoms with Crippen LogP contribution < -0.4 is 10.6 Å². The van der Waals surface area contributed by atoms with Crippen LogP contribution >= 0.6 is 11.6 Å². The molecule has 2 N–H and O–H groups in total. The first kappa shape index (κ1) is 15.4. The first-order valence-electron chi connectivity index (χ1n) is 6.58.